The molecule has 1 amide bonds. The third-order valence-corrected chi connectivity index (χ3v) is 3.30. The SMILES string of the molecule is O=C(CSc1ccc(C(F)(F)F)cn1)NC1CC1. The van der Waals surface area contributed by atoms with Crippen LogP contribution in [0.25, 0.3) is 0 Å². The minimum Gasteiger partial charge on any atom is -0.353 e. The van der Waals surface area contributed by atoms with Gasteiger partial charge < -0.3 is 5.32 Å². The van der Waals surface area contributed by atoms with E-state index in [1.165, 1.54) is 6.07 Å². The van der Waals surface area contributed by atoms with Crippen LogP contribution in [0.2, 0.25) is 0 Å². The lowest BCUT2D eigenvalue weighted by Gasteiger charge is -2.06. The van der Waals surface area contributed by atoms with E-state index in [0.29, 0.717) is 11.1 Å². The highest BCUT2D eigenvalue weighted by atomic mass is 32.2. The summed E-state index contributed by atoms with van der Waals surface area (Å²) in [5.41, 5.74) is -0.783. The number of nitrogens with zero attached hydrogens (tertiary/aromatic N) is 1. The molecule has 0 aliphatic heterocycles. The first-order valence-corrected chi connectivity index (χ1v) is 6.39. The molecule has 1 aliphatic carbocycles. The van der Waals surface area contributed by atoms with E-state index in [9.17, 15) is 18.0 Å². The van der Waals surface area contributed by atoms with E-state index in [-0.39, 0.29) is 11.7 Å². The zero-order valence-electron chi connectivity index (χ0n) is 9.33. The Morgan fingerprint density at radius 3 is 2.67 bits per heavy atom. The number of nitrogens with one attached hydrogen (secondary N) is 1. The van der Waals surface area contributed by atoms with Crippen LogP contribution in [-0.2, 0) is 11.0 Å². The lowest BCUT2D eigenvalue weighted by atomic mass is 10.3. The highest BCUT2D eigenvalue weighted by Gasteiger charge is 2.30. The van der Waals surface area contributed by atoms with E-state index in [1.807, 2.05) is 0 Å². The second kappa shape index (κ2) is 5.17. The summed E-state index contributed by atoms with van der Waals surface area (Å²) in [7, 11) is 0. The predicted molar refractivity (Wildman–Crippen MR) is 61.1 cm³/mol. The molecule has 0 aromatic carbocycles. The molecule has 1 saturated carbocycles. The molecule has 7 heteroatoms. The number of carbonyl (C=O) groups excluding carboxylic acids is 1. The Labute approximate surface area is 106 Å². The number of alkyl halides is 3. The zero-order chi connectivity index (χ0) is 13.2. The molecule has 0 bridgehead atoms. The molecule has 0 spiro atoms. The van der Waals surface area contributed by atoms with Gasteiger partial charge in [0.2, 0.25) is 5.91 Å². The summed E-state index contributed by atoms with van der Waals surface area (Å²) in [6.45, 7) is 0. The summed E-state index contributed by atoms with van der Waals surface area (Å²) in [4.78, 5) is 15.0. The Kier molecular flexibility index (Phi) is 3.79. The fourth-order valence-electron chi connectivity index (χ4n) is 1.27. The van der Waals surface area contributed by atoms with E-state index in [0.717, 1.165) is 36.9 Å². The molecule has 0 unspecified atom stereocenters. The Morgan fingerprint density at radius 2 is 2.17 bits per heavy atom. The van der Waals surface area contributed by atoms with Crippen molar-refractivity contribution in [2.45, 2.75) is 30.1 Å². The van der Waals surface area contributed by atoms with E-state index < -0.39 is 11.7 Å². The Bertz CT molecular complexity index is 429. The Balaban J connectivity index is 1.84. The van der Waals surface area contributed by atoms with Crippen LogP contribution in [0.3, 0.4) is 0 Å². The van der Waals surface area contributed by atoms with Crippen molar-refractivity contribution in [2.75, 3.05) is 5.75 Å². The smallest absolute Gasteiger partial charge is 0.353 e. The lowest BCUT2D eigenvalue weighted by Crippen LogP contribution is -2.27. The molecule has 1 aromatic rings. The van der Waals surface area contributed by atoms with Crippen molar-refractivity contribution in [3.63, 3.8) is 0 Å². The summed E-state index contributed by atoms with van der Waals surface area (Å²) in [6, 6.07) is 2.53. The maximum absolute atomic E-state index is 12.3. The van der Waals surface area contributed by atoms with Crippen molar-refractivity contribution >= 4 is 17.7 Å². The van der Waals surface area contributed by atoms with Crippen LogP contribution < -0.4 is 5.32 Å². The molecule has 1 aromatic heterocycles. The topological polar surface area (TPSA) is 42.0 Å². The number of amides is 1. The molecule has 3 nitrogen and oxygen atoms in total. The van der Waals surface area contributed by atoms with E-state index in [1.54, 1.807) is 0 Å². The Hall–Kier alpha value is -1.24. The first kappa shape index (κ1) is 13.2. The quantitative estimate of drug-likeness (QED) is 0.859. The minimum absolute atomic E-state index is 0.107. The molecule has 1 aliphatic rings. The average molecular weight is 276 g/mol. The number of halogens is 3. The monoisotopic (exact) mass is 276 g/mol. The molecule has 2 rings (SSSR count). The predicted octanol–water partition coefficient (Wildman–Crippen LogP) is 2.47. The van der Waals surface area contributed by atoms with Gasteiger partial charge in [-0.1, -0.05) is 11.8 Å². The van der Waals surface area contributed by atoms with Crippen LogP contribution in [0.15, 0.2) is 23.4 Å². The third-order valence-electron chi connectivity index (χ3n) is 2.36. The van der Waals surface area contributed by atoms with Gasteiger partial charge in [0.25, 0.3) is 0 Å². The first-order valence-electron chi connectivity index (χ1n) is 5.40. The van der Waals surface area contributed by atoms with Gasteiger partial charge in [0.1, 0.15) is 0 Å². The van der Waals surface area contributed by atoms with Gasteiger partial charge in [-0.15, -0.1) is 0 Å². The van der Waals surface area contributed by atoms with Gasteiger partial charge in [-0.25, -0.2) is 4.98 Å². The summed E-state index contributed by atoms with van der Waals surface area (Å²) in [5, 5.41) is 3.20. The summed E-state index contributed by atoms with van der Waals surface area (Å²) >= 11 is 1.13. The van der Waals surface area contributed by atoms with Gasteiger partial charge in [-0.2, -0.15) is 13.2 Å². The number of hydrogen-bond donors (Lipinski definition) is 1. The van der Waals surface area contributed by atoms with E-state index in [4.69, 9.17) is 0 Å². The van der Waals surface area contributed by atoms with Crippen molar-refractivity contribution in [2.24, 2.45) is 0 Å². The number of carbonyl (C=O) groups is 1. The highest BCUT2D eigenvalue weighted by Crippen LogP contribution is 2.29. The summed E-state index contributed by atoms with van der Waals surface area (Å²) in [5.74, 6) is 0.0682. The number of rotatable bonds is 4. The van der Waals surface area contributed by atoms with Crippen LogP contribution in [-0.4, -0.2) is 22.7 Å². The Morgan fingerprint density at radius 1 is 1.44 bits per heavy atom. The molecule has 0 radical (unpaired) electrons. The van der Waals surface area contributed by atoms with Crippen molar-refractivity contribution in [1.82, 2.24) is 10.3 Å². The second-order valence-corrected chi connectivity index (χ2v) is 5.01. The maximum Gasteiger partial charge on any atom is 0.417 e. The average Bonchev–Trinajstić information content (AvgIpc) is 3.10. The normalized spacial score (nSPS) is 15.5. The van der Waals surface area contributed by atoms with Gasteiger partial charge in [0.15, 0.2) is 0 Å². The largest absolute Gasteiger partial charge is 0.417 e. The minimum atomic E-state index is -4.38. The van der Waals surface area contributed by atoms with Gasteiger partial charge in [-0.3, -0.25) is 4.79 Å². The van der Waals surface area contributed by atoms with Gasteiger partial charge >= 0.3 is 6.18 Å². The van der Waals surface area contributed by atoms with Crippen LogP contribution in [0.1, 0.15) is 18.4 Å². The van der Waals surface area contributed by atoms with E-state index >= 15 is 0 Å². The summed E-state index contributed by atoms with van der Waals surface area (Å²) < 4.78 is 36.8. The first-order chi connectivity index (χ1) is 8.45. The van der Waals surface area contributed by atoms with Crippen LogP contribution in [0.4, 0.5) is 13.2 Å². The van der Waals surface area contributed by atoms with Crippen molar-refractivity contribution < 1.29 is 18.0 Å². The fourth-order valence-corrected chi connectivity index (χ4v) is 1.92. The molecular weight excluding hydrogens is 265 g/mol. The number of hydrogen-bond acceptors (Lipinski definition) is 3. The molecule has 98 valence electrons. The molecule has 0 atom stereocenters. The number of thioether (sulfide) groups is 1. The lowest BCUT2D eigenvalue weighted by molar-refractivity contribution is -0.137. The van der Waals surface area contributed by atoms with Crippen molar-refractivity contribution in [3.8, 4) is 0 Å². The van der Waals surface area contributed by atoms with Gasteiger partial charge in [0, 0.05) is 12.2 Å². The maximum atomic E-state index is 12.3. The molecule has 1 fully saturated rings. The number of pyridine rings is 1. The van der Waals surface area contributed by atoms with Crippen LogP contribution in [0, 0.1) is 0 Å². The molecular formula is C11H11F3N2OS. The standard InChI is InChI=1S/C11H11F3N2OS/c12-11(13,14)7-1-4-10(15-5-7)18-6-9(17)16-8-2-3-8/h1,4-5,8H,2-3,6H2,(H,16,17). The number of aromatic nitrogens is 1. The zero-order valence-corrected chi connectivity index (χ0v) is 10.1. The second-order valence-electron chi connectivity index (χ2n) is 4.01. The molecule has 1 heterocycles. The van der Waals surface area contributed by atoms with Crippen molar-refractivity contribution in [1.29, 1.82) is 0 Å². The van der Waals surface area contributed by atoms with Crippen molar-refractivity contribution in [3.05, 3.63) is 23.9 Å². The van der Waals surface area contributed by atoms with Gasteiger partial charge in [0.05, 0.1) is 16.3 Å². The molecule has 1 N–H and O–H groups in total. The fraction of sp³-hybridized carbons (Fsp3) is 0.455. The van der Waals surface area contributed by atoms with Gasteiger partial charge in [-0.05, 0) is 25.0 Å². The van der Waals surface area contributed by atoms with E-state index in [2.05, 4.69) is 10.3 Å². The third kappa shape index (κ3) is 3.90. The highest BCUT2D eigenvalue weighted by molar-refractivity contribution is 7.99. The van der Waals surface area contributed by atoms with Crippen LogP contribution >= 0.6 is 11.8 Å². The summed E-state index contributed by atoms with van der Waals surface area (Å²) in [6.07, 6.45) is -1.58. The van der Waals surface area contributed by atoms with Crippen LogP contribution in [0.5, 0.6) is 0 Å². The molecule has 18 heavy (non-hydrogen) atoms. The molecule has 0 saturated heterocycles.